The van der Waals surface area contributed by atoms with Crippen LogP contribution in [0.4, 0.5) is 5.69 Å². The van der Waals surface area contributed by atoms with E-state index in [1.54, 1.807) is 12.1 Å². The number of quaternary nitrogens is 1. The topological polar surface area (TPSA) is 101 Å². The van der Waals surface area contributed by atoms with Crippen LogP contribution in [0, 0.1) is 0 Å². The summed E-state index contributed by atoms with van der Waals surface area (Å²) in [5.41, 5.74) is 5.97. The molecule has 0 fully saturated rings. The van der Waals surface area contributed by atoms with E-state index in [2.05, 4.69) is 30.8 Å². The van der Waals surface area contributed by atoms with E-state index in [-0.39, 0.29) is 48.7 Å². The highest BCUT2D eigenvalue weighted by molar-refractivity contribution is 7.89. The number of unbranched alkanes of at least 4 members (excludes halogenated alkanes) is 3. The summed E-state index contributed by atoms with van der Waals surface area (Å²) in [6.45, 7) is 10.5. The third kappa shape index (κ3) is 11.8. The number of carbonyl (C=O) groups excluding carboxylic acids is 1. The summed E-state index contributed by atoms with van der Waals surface area (Å²) in [5, 5.41) is 2.96. The zero-order valence-corrected chi connectivity index (χ0v) is 22.1. The number of nitrogens with zero attached hydrogens (tertiary/aromatic N) is 1. The highest BCUT2D eigenvalue weighted by atomic mass is 35.5. The summed E-state index contributed by atoms with van der Waals surface area (Å²) < 4.78 is 27.6. The van der Waals surface area contributed by atoms with E-state index in [9.17, 15) is 13.2 Å². The van der Waals surface area contributed by atoms with Crippen LogP contribution in [-0.4, -0.2) is 58.1 Å². The number of benzene rings is 1. The number of nitrogens with one attached hydrogen (secondary N) is 2. The molecule has 0 atom stereocenters. The molecule has 0 aliphatic rings. The van der Waals surface area contributed by atoms with Crippen molar-refractivity contribution in [1.82, 2.24) is 4.72 Å². The monoisotopic (exact) mass is 512 g/mol. The van der Waals surface area contributed by atoms with Crippen LogP contribution in [0.25, 0.3) is 0 Å². The number of anilines is 1. The number of sulfonamides is 1. The molecule has 0 spiro atoms. The summed E-state index contributed by atoms with van der Waals surface area (Å²) in [6, 6.07) is 6.27. The summed E-state index contributed by atoms with van der Waals surface area (Å²) in [7, 11) is -3.57. The first-order valence-corrected chi connectivity index (χ1v) is 12.8. The second-order valence-corrected chi connectivity index (χ2v) is 9.76. The minimum absolute atomic E-state index is 0. The highest BCUT2D eigenvalue weighted by Gasteiger charge is 2.29. The van der Waals surface area contributed by atoms with Crippen molar-refractivity contribution in [3.63, 3.8) is 0 Å². The van der Waals surface area contributed by atoms with Crippen molar-refractivity contribution in [3.8, 4) is 0 Å². The van der Waals surface area contributed by atoms with Crippen molar-refractivity contribution >= 4 is 34.0 Å². The molecule has 0 aliphatic heterocycles. The summed E-state index contributed by atoms with van der Waals surface area (Å²) >= 11 is 0. The van der Waals surface area contributed by atoms with Crippen LogP contribution in [0.3, 0.4) is 0 Å². The Balaban J connectivity index is 0. The third-order valence-corrected chi connectivity index (χ3v) is 6.80. The summed E-state index contributed by atoms with van der Waals surface area (Å²) in [6.07, 6.45) is 6.70. The van der Waals surface area contributed by atoms with Crippen molar-refractivity contribution in [1.29, 1.82) is 0 Å². The molecule has 0 heterocycles. The molecular weight excluding hydrogens is 471 g/mol. The number of carbonyl (C=O) groups is 1. The molecule has 0 aliphatic carbocycles. The van der Waals surface area contributed by atoms with Gasteiger partial charge in [0.05, 0.1) is 24.5 Å². The summed E-state index contributed by atoms with van der Waals surface area (Å²) in [5.74, 6) is -0.0184. The van der Waals surface area contributed by atoms with Crippen molar-refractivity contribution in [2.75, 3.05) is 44.6 Å². The number of nitrogens with two attached hydrogens (primary N) is 1. The van der Waals surface area contributed by atoms with Crippen molar-refractivity contribution < 1.29 is 30.1 Å². The highest BCUT2D eigenvalue weighted by Crippen LogP contribution is 2.17. The Bertz CT molecular complexity index is 709. The molecule has 1 aromatic carbocycles. The Kier molecular flexibility index (Phi) is 18.3. The first kappa shape index (κ1) is 33.3. The van der Waals surface area contributed by atoms with Crippen LogP contribution in [0.15, 0.2) is 29.2 Å². The summed E-state index contributed by atoms with van der Waals surface area (Å²) in [4.78, 5) is 13.0. The number of rotatable bonds is 16. The van der Waals surface area contributed by atoms with E-state index in [1.807, 2.05) is 0 Å². The Morgan fingerprint density at radius 3 is 1.81 bits per heavy atom. The van der Waals surface area contributed by atoms with Gasteiger partial charge in [0.1, 0.15) is 0 Å². The second kappa shape index (κ2) is 17.6. The molecule has 1 rings (SSSR count). The molecule has 0 radical (unpaired) electrons. The predicted octanol–water partition coefficient (Wildman–Crippen LogP) is 0.505. The van der Waals surface area contributed by atoms with Gasteiger partial charge in [-0.1, -0.05) is 40.0 Å². The Morgan fingerprint density at radius 2 is 1.41 bits per heavy atom. The maximum atomic E-state index is 12.9. The number of amides is 1. The number of hydrogen-bond acceptors (Lipinski definition) is 4. The molecule has 7 nitrogen and oxygen atoms in total. The lowest BCUT2D eigenvalue weighted by molar-refractivity contribution is -0.921. The molecule has 0 unspecified atom stereocenters. The number of halogens is 2. The number of hydrogen-bond donors (Lipinski definition) is 3. The van der Waals surface area contributed by atoms with E-state index < -0.39 is 10.0 Å². The first-order valence-electron chi connectivity index (χ1n) is 11.3. The zero-order valence-electron chi connectivity index (χ0n) is 19.7. The minimum Gasteiger partial charge on any atom is -1.00 e. The van der Waals surface area contributed by atoms with E-state index >= 15 is 0 Å². The van der Waals surface area contributed by atoms with Gasteiger partial charge in [0, 0.05) is 18.8 Å². The molecule has 10 heteroatoms. The fraction of sp³-hybridized carbons (Fsp3) is 0.682. The van der Waals surface area contributed by atoms with Crippen molar-refractivity contribution in [2.45, 2.75) is 64.2 Å². The molecule has 1 aromatic rings. The first-order chi connectivity index (χ1) is 14.3. The normalized spacial score (nSPS) is 11.4. The standard InChI is InChI=1S/C22H40N4O3S.2ClH/c1-4-7-16-26(17-8-5-2,18-9-6-3)19-22(27)25-20-10-12-21(13-11-20)30(28,29)24-15-14-23;;/h10-13,24H,4-9,14-19,23H2,1-3H3;2*1H. The van der Waals surface area contributed by atoms with Crippen molar-refractivity contribution in [3.05, 3.63) is 24.3 Å². The molecule has 0 saturated heterocycles. The van der Waals surface area contributed by atoms with Gasteiger partial charge >= 0.3 is 0 Å². The van der Waals surface area contributed by atoms with Gasteiger partial charge in [-0.05, 0) is 43.5 Å². The van der Waals surface area contributed by atoms with Crippen LogP contribution < -0.4 is 28.2 Å². The lowest BCUT2D eigenvalue weighted by Crippen LogP contribution is -3.00. The molecule has 0 saturated carbocycles. The van der Waals surface area contributed by atoms with E-state index in [0.717, 1.165) is 62.6 Å². The van der Waals surface area contributed by atoms with E-state index in [1.165, 1.54) is 12.1 Å². The van der Waals surface area contributed by atoms with Crippen LogP contribution in [0.2, 0.25) is 0 Å². The quantitative estimate of drug-likeness (QED) is 0.281. The fourth-order valence-electron chi connectivity index (χ4n) is 3.55. The van der Waals surface area contributed by atoms with Gasteiger partial charge in [0.2, 0.25) is 10.0 Å². The molecular formula is C22H42Cl2N4O3S. The van der Waals surface area contributed by atoms with Crippen LogP contribution >= 0.6 is 12.4 Å². The zero-order chi connectivity index (χ0) is 22.5. The third-order valence-electron chi connectivity index (χ3n) is 5.32. The molecule has 32 heavy (non-hydrogen) atoms. The lowest BCUT2D eigenvalue weighted by atomic mass is 10.1. The molecule has 1 amide bonds. The lowest BCUT2D eigenvalue weighted by Gasteiger charge is -2.38. The van der Waals surface area contributed by atoms with Gasteiger partial charge in [0.25, 0.3) is 5.91 Å². The maximum absolute atomic E-state index is 12.9. The average Bonchev–Trinajstić information content (AvgIpc) is 2.73. The SMILES string of the molecule is CCCC[N+](CCCC)(CCCC)CC(=O)Nc1ccc(S(=O)(=O)NCCN)cc1.Cl.[Cl-]. The van der Waals surface area contributed by atoms with E-state index in [0.29, 0.717) is 12.2 Å². The maximum Gasteiger partial charge on any atom is 0.279 e. The fourth-order valence-corrected chi connectivity index (χ4v) is 4.60. The van der Waals surface area contributed by atoms with Crippen LogP contribution in [0.1, 0.15) is 59.3 Å². The molecule has 188 valence electrons. The molecule has 0 aromatic heterocycles. The molecule has 4 N–H and O–H groups in total. The van der Waals surface area contributed by atoms with Crippen LogP contribution in [-0.2, 0) is 14.8 Å². The van der Waals surface area contributed by atoms with Gasteiger partial charge in [-0.15, -0.1) is 12.4 Å². The molecule has 0 bridgehead atoms. The Morgan fingerprint density at radius 1 is 0.938 bits per heavy atom. The Labute approximate surface area is 207 Å². The second-order valence-electron chi connectivity index (χ2n) is 7.99. The Hall–Kier alpha value is -0.900. The van der Waals surface area contributed by atoms with Crippen molar-refractivity contribution in [2.24, 2.45) is 5.73 Å². The predicted molar refractivity (Wildman–Crippen MR) is 131 cm³/mol. The largest absolute Gasteiger partial charge is 1.00 e. The van der Waals surface area contributed by atoms with Gasteiger partial charge < -0.3 is 27.9 Å². The van der Waals surface area contributed by atoms with Gasteiger partial charge in [0.15, 0.2) is 6.54 Å². The van der Waals surface area contributed by atoms with Crippen LogP contribution in [0.5, 0.6) is 0 Å². The minimum atomic E-state index is -3.57. The van der Waals surface area contributed by atoms with Gasteiger partial charge in [-0.25, -0.2) is 13.1 Å². The van der Waals surface area contributed by atoms with Gasteiger partial charge in [-0.2, -0.15) is 0 Å². The average molecular weight is 514 g/mol. The van der Waals surface area contributed by atoms with E-state index in [4.69, 9.17) is 5.73 Å². The smallest absolute Gasteiger partial charge is 0.279 e. The van der Waals surface area contributed by atoms with Gasteiger partial charge in [-0.3, -0.25) is 4.79 Å².